The Morgan fingerprint density at radius 3 is 2.47 bits per heavy atom. The molecule has 1 aromatic carbocycles. The predicted octanol–water partition coefficient (Wildman–Crippen LogP) is 4.92. The maximum absolute atomic E-state index is 5.74. The smallest absolute Gasteiger partial charge is 0.134 e. The summed E-state index contributed by atoms with van der Waals surface area (Å²) in [4.78, 5) is 0. The normalized spacial score (nSPS) is 16.7. The molecule has 17 heavy (non-hydrogen) atoms. The molecule has 1 heterocycles. The van der Waals surface area contributed by atoms with Crippen molar-refractivity contribution < 1.29 is 4.42 Å². The molecule has 0 N–H and O–H groups in total. The number of furan rings is 1. The molecule has 1 aromatic heterocycles. The van der Waals surface area contributed by atoms with Crippen LogP contribution in [0.3, 0.4) is 0 Å². The Hall–Kier alpha value is -1.24. The van der Waals surface area contributed by atoms with Gasteiger partial charge in [-0.2, -0.15) is 0 Å². The Morgan fingerprint density at radius 2 is 1.88 bits per heavy atom. The number of hydrogen-bond donors (Lipinski definition) is 0. The number of fused-ring (bicyclic) bond motifs is 1. The van der Waals surface area contributed by atoms with Gasteiger partial charge in [0.15, 0.2) is 0 Å². The number of hydrogen-bond acceptors (Lipinski definition) is 1. The first-order valence-electron chi connectivity index (χ1n) is 6.49. The summed E-state index contributed by atoms with van der Waals surface area (Å²) in [6.45, 7) is 9.08. The first kappa shape index (κ1) is 10.9. The molecule has 90 valence electrons. The Balaban J connectivity index is 2.36. The van der Waals surface area contributed by atoms with Gasteiger partial charge >= 0.3 is 0 Å². The third-order valence-corrected chi connectivity index (χ3v) is 3.74. The Kier molecular flexibility index (Phi) is 2.16. The highest BCUT2D eigenvalue weighted by molar-refractivity contribution is 5.87. The van der Waals surface area contributed by atoms with E-state index in [0.29, 0.717) is 0 Å². The molecule has 1 fully saturated rings. The van der Waals surface area contributed by atoms with Crippen molar-refractivity contribution in [1.82, 2.24) is 0 Å². The van der Waals surface area contributed by atoms with Gasteiger partial charge in [-0.05, 0) is 48.3 Å². The van der Waals surface area contributed by atoms with Gasteiger partial charge in [-0.1, -0.05) is 26.8 Å². The SMILES string of the molecule is Cc1ccc2occ(C3CC3)c2c1C(C)(C)C. The largest absolute Gasteiger partial charge is 0.464 e. The fraction of sp³-hybridized carbons (Fsp3) is 0.500. The van der Waals surface area contributed by atoms with E-state index in [9.17, 15) is 0 Å². The van der Waals surface area contributed by atoms with Crippen molar-refractivity contribution in [2.75, 3.05) is 0 Å². The minimum absolute atomic E-state index is 0.178. The minimum atomic E-state index is 0.178. The van der Waals surface area contributed by atoms with Gasteiger partial charge in [-0.25, -0.2) is 0 Å². The summed E-state index contributed by atoms with van der Waals surface area (Å²) in [6, 6.07) is 4.30. The number of benzene rings is 1. The summed E-state index contributed by atoms with van der Waals surface area (Å²) in [7, 11) is 0. The van der Waals surface area contributed by atoms with E-state index in [1.54, 1.807) is 0 Å². The lowest BCUT2D eigenvalue weighted by Gasteiger charge is -2.23. The lowest BCUT2D eigenvalue weighted by molar-refractivity contribution is 0.588. The fourth-order valence-corrected chi connectivity index (χ4v) is 2.92. The molecule has 1 nitrogen and oxygen atoms in total. The van der Waals surface area contributed by atoms with Crippen molar-refractivity contribution in [3.63, 3.8) is 0 Å². The predicted molar refractivity (Wildman–Crippen MR) is 71.6 cm³/mol. The van der Waals surface area contributed by atoms with Gasteiger partial charge in [0.05, 0.1) is 6.26 Å². The summed E-state index contributed by atoms with van der Waals surface area (Å²) < 4.78 is 5.74. The summed E-state index contributed by atoms with van der Waals surface area (Å²) >= 11 is 0. The van der Waals surface area contributed by atoms with Crippen LogP contribution in [0.1, 0.15) is 56.2 Å². The van der Waals surface area contributed by atoms with Gasteiger partial charge in [-0.3, -0.25) is 0 Å². The van der Waals surface area contributed by atoms with Crippen LogP contribution < -0.4 is 0 Å². The summed E-state index contributed by atoms with van der Waals surface area (Å²) in [6.07, 6.45) is 4.63. The Labute approximate surface area is 103 Å². The third kappa shape index (κ3) is 1.69. The van der Waals surface area contributed by atoms with E-state index >= 15 is 0 Å². The zero-order valence-electron chi connectivity index (χ0n) is 11.1. The topological polar surface area (TPSA) is 13.1 Å². The fourth-order valence-electron chi connectivity index (χ4n) is 2.92. The van der Waals surface area contributed by atoms with E-state index in [1.807, 2.05) is 6.26 Å². The molecule has 0 saturated heterocycles. The van der Waals surface area contributed by atoms with Crippen molar-refractivity contribution in [3.05, 3.63) is 35.1 Å². The average Bonchev–Trinajstić information content (AvgIpc) is 2.97. The van der Waals surface area contributed by atoms with Gasteiger partial charge in [0.2, 0.25) is 0 Å². The van der Waals surface area contributed by atoms with Crippen LogP contribution in [0.15, 0.2) is 22.8 Å². The van der Waals surface area contributed by atoms with Crippen LogP contribution in [-0.2, 0) is 5.41 Å². The molecule has 3 rings (SSSR count). The molecule has 0 atom stereocenters. The van der Waals surface area contributed by atoms with Crippen molar-refractivity contribution in [2.24, 2.45) is 0 Å². The van der Waals surface area contributed by atoms with Gasteiger partial charge in [-0.15, -0.1) is 0 Å². The molecular weight excluding hydrogens is 208 g/mol. The van der Waals surface area contributed by atoms with Crippen LogP contribution in [0.4, 0.5) is 0 Å². The molecular formula is C16H20O. The zero-order valence-corrected chi connectivity index (χ0v) is 11.1. The van der Waals surface area contributed by atoms with Gasteiger partial charge in [0, 0.05) is 10.9 Å². The number of rotatable bonds is 1. The third-order valence-electron chi connectivity index (χ3n) is 3.74. The minimum Gasteiger partial charge on any atom is -0.464 e. The van der Waals surface area contributed by atoms with E-state index in [0.717, 1.165) is 11.5 Å². The van der Waals surface area contributed by atoms with E-state index in [1.165, 1.54) is 34.9 Å². The second kappa shape index (κ2) is 3.38. The lowest BCUT2D eigenvalue weighted by Crippen LogP contribution is -2.13. The van der Waals surface area contributed by atoms with Crippen molar-refractivity contribution >= 4 is 11.0 Å². The summed E-state index contributed by atoms with van der Waals surface area (Å²) in [5, 5.41) is 1.39. The molecule has 1 heteroatoms. The summed E-state index contributed by atoms with van der Waals surface area (Å²) in [5.41, 5.74) is 5.52. The van der Waals surface area contributed by atoms with Gasteiger partial charge in [0.25, 0.3) is 0 Å². The van der Waals surface area contributed by atoms with Gasteiger partial charge < -0.3 is 4.42 Å². The maximum atomic E-state index is 5.74. The van der Waals surface area contributed by atoms with Gasteiger partial charge in [0.1, 0.15) is 5.58 Å². The van der Waals surface area contributed by atoms with Crippen LogP contribution in [0.25, 0.3) is 11.0 Å². The molecule has 0 bridgehead atoms. The highest BCUT2D eigenvalue weighted by atomic mass is 16.3. The van der Waals surface area contributed by atoms with Crippen LogP contribution >= 0.6 is 0 Å². The molecule has 1 aliphatic carbocycles. The number of aryl methyl sites for hydroxylation is 1. The zero-order chi connectivity index (χ0) is 12.2. The molecule has 2 aromatic rings. The van der Waals surface area contributed by atoms with E-state index in [-0.39, 0.29) is 5.41 Å². The molecule has 0 spiro atoms. The standard InChI is InChI=1S/C16H20O/c1-10-5-8-13-14(15(10)16(2,3)4)12(9-17-13)11-6-7-11/h5,8-9,11H,6-7H2,1-4H3. The first-order chi connectivity index (χ1) is 7.98. The van der Waals surface area contributed by atoms with E-state index in [2.05, 4.69) is 39.8 Å². The second-order valence-corrected chi connectivity index (χ2v) is 6.35. The molecule has 0 aliphatic heterocycles. The van der Waals surface area contributed by atoms with Crippen LogP contribution in [0, 0.1) is 6.92 Å². The molecule has 0 radical (unpaired) electrons. The van der Waals surface area contributed by atoms with Crippen molar-refractivity contribution in [1.29, 1.82) is 0 Å². The molecule has 1 saturated carbocycles. The Morgan fingerprint density at radius 1 is 1.18 bits per heavy atom. The second-order valence-electron chi connectivity index (χ2n) is 6.35. The molecule has 1 aliphatic rings. The first-order valence-corrected chi connectivity index (χ1v) is 6.49. The quantitative estimate of drug-likeness (QED) is 0.675. The maximum Gasteiger partial charge on any atom is 0.134 e. The average molecular weight is 228 g/mol. The molecule has 0 amide bonds. The van der Waals surface area contributed by atoms with Crippen molar-refractivity contribution in [2.45, 2.75) is 51.9 Å². The molecule has 0 unspecified atom stereocenters. The highest BCUT2D eigenvalue weighted by Crippen LogP contribution is 2.46. The van der Waals surface area contributed by atoms with Crippen LogP contribution in [-0.4, -0.2) is 0 Å². The monoisotopic (exact) mass is 228 g/mol. The Bertz CT molecular complexity index is 565. The van der Waals surface area contributed by atoms with Crippen molar-refractivity contribution in [3.8, 4) is 0 Å². The summed E-state index contributed by atoms with van der Waals surface area (Å²) in [5.74, 6) is 0.749. The van der Waals surface area contributed by atoms with E-state index in [4.69, 9.17) is 4.42 Å². The van der Waals surface area contributed by atoms with E-state index < -0.39 is 0 Å². The van der Waals surface area contributed by atoms with Crippen LogP contribution in [0.2, 0.25) is 0 Å². The van der Waals surface area contributed by atoms with Crippen LogP contribution in [0.5, 0.6) is 0 Å². The lowest BCUT2D eigenvalue weighted by atomic mass is 9.81. The highest BCUT2D eigenvalue weighted by Gasteiger charge is 2.30.